The molecule has 3 nitrogen and oxygen atoms in total. The van der Waals surface area contributed by atoms with Crippen molar-refractivity contribution in [3.8, 4) is 0 Å². The summed E-state index contributed by atoms with van der Waals surface area (Å²) in [5.74, 6) is 0.870. The molecule has 0 heterocycles. The number of nitrogens with one attached hydrogen (secondary N) is 1. The largest absolute Gasteiger partial charge is 0.392 e. The molecule has 88 valence electrons. The first-order chi connectivity index (χ1) is 7.36. The van der Waals surface area contributed by atoms with Crippen LogP contribution in [-0.2, 0) is 4.74 Å². The van der Waals surface area contributed by atoms with E-state index in [0.29, 0.717) is 6.04 Å². The van der Waals surface area contributed by atoms with Gasteiger partial charge in [-0.25, -0.2) is 0 Å². The summed E-state index contributed by atoms with van der Waals surface area (Å²) in [6, 6.07) is 0.341. The van der Waals surface area contributed by atoms with E-state index in [9.17, 15) is 5.11 Å². The second kappa shape index (κ2) is 5.83. The van der Waals surface area contributed by atoms with Crippen molar-refractivity contribution in [1.82, 2.24) is 5.32 Å². The Labute approximate surface area is 92.2 Å². The van der Waals surface area contributed by atoms with E-state index in [0.717, 1.165) is 51.4 Å². The van der Waals surface area contributed by atoms with Gasteiger partial charge in [0.2, 0.25) is 0 Å². The number of aliphatic hydroxyl groups excluding tert-OH is 1. The lowest BCUT2D eigenvalue weighted by molar-refractivity contribution is 0.116. The van der Waals surface area contributed by atoms with Crippen molar-refractivity contribution < 1.29 is 9.84 Å². The second-order valence-corrected chi connectivity index (χ2v) is 4.93. The zero-order valence-corrected chi connectivity index (χ0v) is 9.45. The molecule has 0 aromatic rings. The van der Waals surface area contributed by atoms with E-state index in [1.807, 2.05) is 0 Å². The highest BCUT2D eigenvalue weighted by Gasteiger charge is 2.24. The van der Waals surface area contributed by atoms with E-state index in [2.05, 4.69) is 5.32 Å². The average molecular weight is 213 g/mol. The van der Waals surface area contributed by atoms with Gasteiger partial charge in [0.15, 0.2) is 0 Å². The van der Waals surface area contributed by atoms with E-state index < -0.39 is 0 Å². The molecule has 15 heavy (non-hydrogen) atoms. The smallest absolute Gasteiger partial charge is 0.0693 e. The number of rotatable bonds is 7. The topological polar surface area (TPSA) is 41.5 Å². The van der Waals surface area contributed by atoms with Crippen LogP contribution in [0, 0.1) is 5.92 Å². The highest BCUT2D eigenvalue weighted by atomic mass is 16.5. The van der Waals surface area contributed by atoms with Crippen LogP contribution in [0.15, 0.2) is 0 Å². The third-order valence-electron chi connectivity index (χ3n) is 3.40. The van der Waals surface area contributed by atoms with E-state index in [4.69, 9.17) is 4.74 Å². The molecule has 2 aliphatic rings. The first-order valence-corrected chi connectivity index (χ1v) is 6.35. The van der Waals surface area contributed by atoms with Crippen LogP contribution in [0.5, 0.6) is 0 Å². The van der Waals surface area contributed by atoms with Crippen LogP contribution in [0.2, 0.25) is 0 Å². The molecule has 0 bridgehead atoms. The standard InChI is InChI=1S/C12H23NO2/c14-12-4-1-3-11(12)13-7-2-8-15-9-10-5-6-10/h10-14H,1-9H2/t11-,12-/m1/s1. The summed E-state index contributed by atoms with van der Waals surface area (Å²) in [5, 5.41) is 13.0. The van der Waals surface area contributed by atoms with Gasteiger partial charge in [0.1, 0.15) is 0 Å². The zero-order valence-electron chi connectivity index (χ0n) is 9.45. The molecule has 3 heteroatoms. The van der Waals surface area contributed by atoms with Crippen LogP contribution in [0.1, 0.15) is 38.5 Å². The molecule has 0 unspecified atom stereocenters. The van der Waals surface area contributed by atoms with Crippen molar-refractivity contribution in [2.45, 2.75) is 50.7 Å². The van der Waals surface area contributed by atoms with Crippen molar-refractivity contribution in [2.24, 2.45) is 5.92 Å². The third-order valence-corrected chi connectivity index (χ3v) is 3.40. The van der Waals surface area contributed by atoms with Gasteiger partial charge < -0.3 is 15.2 Å². The normalized spacial score (nSPS) is 31.0. The Morgan fingerprint density at radius 2 is 2.07 bits per heavy atom. The summed E-state index contributed by atoms with van der Waals surface area (Å²) in [5.41, 5.74) is 0. The van der Waals surface area contributed by atoms with Crippen molar-refractivity contribution in [3.63, 3.8) is 0 Å². The van der Waals surface area contributed by atoms with Crippen LogP contribution in [0.25, 0.3) is 0 Å². The predicted molar refractivity (Wildman–Crippen MR) is 59.8 cm³/mol. The molecule has 0 radical (unpaired) electrons. The van der Waals surface area contributed by atoms with Crippen LogP contribution in [0.3, 0.4) is 0 Å². The highest BCUT2D eigenvalue weighted by Crippen LogP contribution is 2.28. The highest BCUT2D eigenvalue weighted by molar-refractivity contribution is 4.82. The maximum absolute atomic E-state index is 9.58. The van der Waals surface area contributed by atoms with Gasteiger partial charge in [-0.05, 0) is 51.0 Å². The lowest BCUT2D eigenvalue weighted by Gasteiger charge is -2.16. The summed E-state index contributed by atoms with van der Waals surface area (Å²) in [6.07, 6.45) is 6.95. The monoisotopic (exact) mass is 213 g/mol. The van der Waals surface area contributed by atoms with Gasteiger partial charge in [0, 0.05) is 19.3 Å². The lowest BCUT2D eigenvalue weighted by Crippen LogP contribution is -2.36. The Kier molecular flexibility index (Phi) is 4.42. The molecule has 2 rings (SSSR count). The molecule has 0 aliphatic heterocycles. The van der Waals surface area contributed by atoms with Gasteiger partial charge in [-0.3, -0.25) is 0 Å². The molecule has 2 fully saturated rings. The van der Waals surface area contributed by atoms with Gasteiger partial charge >= 0.3 is 0 Å². The average Bonchev–Trinajstić information content (AvgIpc) is 2.96. The summed E-state index contributed by atoms with van der Waals surface area (Å²) >= 11 is 0. The summed E-state index contributed by atoms with van der Waals surface area (Å²) in [4.78, 5) is 0. The fraction of sp³-hybridized carbons (Fsp3) is 1.00. The molecule has 2 saturated carbocycles. The zero-order chi connectivity index (χ0) is 10.5. The Hall–Kier alpha value is -0.120. The maximum Gasteiger partial charge on any atom is 0.0693 e. The van der Waals surface area contributed by atoms with Crippen molar-refractivity contribution in [2.75, 3.05) is 19.8 Å². The summed E-state index contributed by atoms with van der Waals surface area (Å²) in [6.45, 7) is 2.81. The lowest BCUT2D eigenvalue weighted by atomic mass is 10.2. The molecule has 2 atom stereocenters. The number of ether oxygens (including phenoxy) is 1. The molecule has 0 saturated heterocycles. The van der Waals surface area contributed by atoms with Gasteiger partial charge in [0.05, 0.1) is 6.10 Å². The Bertz CT molecular complexity index is 182. The van der Waals surface area contributed by atoms with E-state index in [1.165, 1.54) is 12.8 Å². The SMILES string of the molecule is O[C@@H]1CCC[C@H]1NCCCOCC1CC1. The minimum absolute atomic E-state index is 0.114. The van der Waals surface area contributed by atoms with Crippen molar-refractivity contribution in [3.05, 3.63) is 0 Å². The van der Waals surface area contributed by atoms with E-state index in [1.54, 1.807) is 0 Å². The molecule has 0 amide bonds. The molecule has 2 aliphatic carbocycles. The molecule has 2 N–H and O–H groups in total. The molecule has 0 aromatic carbocycles. The van der Waals surface area contributed by atoms with Crippen LogP contribution < -0.4 is 5.32 Å². The van der Waals surface area contributed by atoms with Gasteiger partial charge in [0.25, 0.3) is 0 Å². The van der Waals surface area contributed by atoms with Crippen LogP contribution in [-0.4, -0.2) is 37.0 Å². The number of hydrogen-bond donors (Lipinski definition) is 2. The fourth-order valence-electron chi connectivity index (χ4n) is 2.17. The van der Waals surface area contributed by atoms with E-state index >= 15 is 0 Å². The summed E-state index contributed by atoms with van der Waals surface area (Å²) < 4.78 is 5.55. The third kappa shape index (κ3) is 4.09. The van der Waals surface area contributed by atoms with Gasteiger partial charge in [-0.2, -0.15) is 0 Å². The van der Waals surface area contributed by atoms with Crippen LogP contribution in [0.4, 0.5) is 0 Å². The van der Waals surface area contributed by atoms with E-state index in [-0.39, 0.29) is 6.10 Å². The Balaban J connectivity index is 1.40. The minimum atomic E-state index is -0.114. The Morgan fingerprint density at radius 3 is 2.73 bits per heavy atom. The predicted octanol–water partition coefficient (Wildman–Crippen LogP) is 1.31. The number of hydrogen-bond acceptors (Lipinski definition) is 3. The van der Waals surface area contributed by atoms with Crippen molar-refractivity contribution in [1.29, 1.82) is 0 Å². The van der Waals surface area contributed by atoms with Crippen molar-refractivity contribution >= 4 is 0 Å². The molecule has 0 aromatic heterocycles. The maximum atomic E-state index is 9.58. The molecule has 0 spiro atoms. The van der Waals surface area contributed by atoms with Gasteiger partial charge in [-0.15, -0.1) is 0 Å². The molecular weight excluding hydrogens is 190 g/mol. The summed E-state index contributed by atoms with van der Waals surface area (Å²) in [7, 11) is 0. The number of aliphatic hydroxyl groups is 1. The minimum Gasteiger partial charge on any atom is -0.392 e. The quantitative estimate of drug-likeness (QED) is 0.626. The van der Waals surface area contributed by atoms with Gasteiger partial charge in [-0.1, -0.05) is 0 Å². The molecular formula is C12H23NO2. The second-order valence-electron chi connectivity index (χ2n) is 4.93. The fourth-order valence-corrected chi connectivity index (χ4v) is 2.17. The first kappa shape index (κ1) is 11.4. The van der Waals surface area contributed by atoms with Crippen LogP contribution >= 0.6 is 0 Å². The Morgan fingerprint density at radius 1 is 1.20 bits per heavy atom. The first-order valence-electron chi connectivity index (χ1n) is 6.35.